The van der Waals surface area contributed by atoms with Gasteiger partial charge in [0.1, 0.15) is 73.2 Å². The first-order valence-corrected chi connectivity index (χ1v) is 32.4. The molecule has 17 unspecified atom stereocenters. The monoisotopic (exact) mass is 1160 g/mol. The lowest BCUT2D eigenvalue weighted by Gasteiger charge is -2.48. The second kappa shape index (κ2) is 45.8. The molecule has 3 fully saturated rings. The zero-order chi connectivity index (χ0) is 59.0. The Bertz CT molecular complexity index is 1530. The Labute approximate surface area is 486 Å². The second-order valence-corrected chi connectivity index (χ2v) is 23.6. The lowest BCUT2D eigenvalue weighted by atomic mass is 9.96. The third-order valence-corrected chi connectivity index (χ3v) is 16.6. The molecule has 19 heteroatoms. The summed E-state index contributed by atoms with van der Waals surface area (Å²) in [6.07, 6.45) is 20.6. The number of allylic oxidation sites excluding steroid dienone is 1. The van der Waals surface area contributed by atoms with Gasteiger partial charge in [0.25, 0.3) is 0 Å². The lowest BCUT2D eigenvalue weighted by molar-refractivity contribution is -0.379. The van der Waals surface area contributed by atoms with Crippen LogP contribution in [0.25, 0.3) is 0 Å². The summed E-state index contributed by atoms with van der Waals surface area (Å²) in [6, 6.07) is -0.967. The standard InChI is InChI=1S/C62H117NO18/c1-3-5-7-9-11-13-15-16-17-18-19-20-21-22-23-24-25-26-27-28-30-31-33-35-37-39-46(67)45(63-50(68)40-38-36-34-32-29-14-12-10-8-6-4-2)44-76-60-56(74)53(71)58(48(42-65)78-60)81-62-57(75)54(72)59(49(43-66)79-62)80-61-55(73)52(70)51(69)47(41-64)77-61/h37,39,45-49,51-62,64-67,69-75H,3-36,38,40-44H2,1-2H3,(H,63,68)/b39-37+. The highest BCUT2D eigenvalue weighted by Crippen LogP contribution is 2.33. The first kappa shape index (κ1) is 73.8. The van der Waals surface area contributed by atoms with Gasteiger partial charge >= 0.3 is 0 Å². The van der Waals surface area contributed by atoms with Crippen LogP contribution in [0.4, 0.5) is 0 Å². The summed E-state index contributed by atoms with van der Waals surface area (Å²) in [5.74, 6) is -0.274. The molecule has 81 heavy (non-hydrogen) atoms. The minimum absolute atomic E-state index is 0.248. The zero-order valence-corrected chi connectivity index (χ0v) is 50.0. The van der Waals surface area contributed by atoms with E-state index in [1.165, 1.54) is 173 Å². The van der Waals surface area contributed by atoms with Gasteiger partial charge < -0.3 is 89.9 Å². The first-order chi connectivity index (χ1) is 39.3. The minimum Gasteiger partial charge on any atom is -0.394 e. The molecule has 17 atom stereocenters. The first-order valence-electron chi connectivity index (χ1n) is 32.4. The van der Waals surface area contributed by atoms with Crippen molar-refractivity contribution in [3.63, 3.8) is 0 Å². The number of nitrogens with one attached hydrogen (secondary N) is 1. The van der Waals surface area contributed by atoms with E-state index in [-0.39, 0.29) is 18.9 Å². The van der Waals surface area contributed by atoms with Crippen molar-refractivity contribution in [1.82, 2.24) is 5.32 Å². The van der Waals surface area contributed by atoms with Crippen LogP contribution in [0.3, 0.4) is 0 Å². The molecular formula is C62H117NO18. The summed E-state index contributed by atoms with van der Waals surface area (Å²) in [7, 11) is 0. The van der Waals surface area contributed by atoms with Crippen LogP contribution in [0.1, 0.15) is 245 Å². The maximum atomic E-state index is 13.3. The number of ether oxygens (including phenoxy) is 6. The highest BCUT2D eigenvalue weighted by molar-refractivity contribution is 5.76. The van der Waals surface area contributed by atoms with E-state index in [9.17, 15) is 61.0 Å². The fraction of sp³-hybridized carbons (Fsp3) is 0.952. The summed E-state index contributed by atoms with van der Waals surface area (Å²) in [5, 5.41) is 120. The molecule has 0 bridgehead atoms. The van der Waals surface area contributed by atoms with Crippen molar-refractivity contribution in [2.45, 2.75) is 349 Å². The van der Waals surface area contributed by atoms with Crippen molar-refractivity contribution >= 4 is 5.91 Å². The number of aliphatic hydroxyl groups excluding tert-OH is 11. The highest BCUT2D eigenvalue weighted by Gasteiger charge is 2.53. The van der Waals surface area contributed by atoms with E-state index in [4.69, 9.17) is 28.4 Å². The fourth-order valence-electron chi connectivity index (χ4n) is 11.3. The van der Waals surface area contributed by atoms with Crippen LogP contribution in [0, 0.1) is 0 Å². The van der Waals surface area contributed by atoms with Crippen LogP contribution in [0.2, 0.25) is 0 Å². The van der Waals surface area contributed by atoms with Crippen molar-refractivity contribution in [2.75, 3.05) is 26.4 Å². The van der Waals surface area contributed by atoms with Crippen LogP contribution in [-0.4, -0.2) is 193 Å². The van der Waals surface area contributed by atoms with E-state index in [0.29, 0.717) is 6.42 Å². The number of carbonyl (C=O) groups excluding carboxylic acids is 1. The maximum Gasteiger partial charge on any atom is 0.220 e. The molecule has 0 aromatic rings. The largest absolute Gasteiger partial charge is 0.394 e. The predicted octanol–water partition coefficient (Wildman–Crippen LogP) is 6.94. The van der Waals surface area contributed by atoms with Crippen LogP contribution in [0.15, 0.2) is 12.2 Å². The van der Waals surface area contributed by atoms with E-state index in [1.54, 1.807) is 6.08 Å². The van der Waals surface area contributed by atoms with Gasteiger partial charge in [-0.1, -0.05) is 231 Å². The van der Waals surface area contributed by atoms with Gasteiger partial charge in [-0.3, -0.25) is 4.79 Å². The molecule has 0 aliphatic carbocycles. The van der Waals surface area contributed by atoms with Gasteiger partial charge in [0.2, 0.25) is 5.91 Å². The van der Waals surface area contributed by atoms with Crippen molar-refractivity contribution in [2.24, 2.45) is 0 Å². The van der Waals surface area contributed by atoms with E-state index < -0.39 is 124 Å². The maximum absolute atomic E-state index is 13.3. The van der Waals surface area contributed by atoms with Gasteiger partial charge in [-0.15, -0.1) is 0 Å². The number of hydrogen-bond acceptors (Lipinski definition) is 18. The van der Waals surface area contributed by atoms with Gasteiger partial charge in [0, 0.05) is 6.42 Å². The zero-order valence-electron chi connectivity index (χ0n) is 50.0. The van der Waals surface area contributed by atoms with Crippen LogP contribution in [0.5, 0.6) is 0 Å². The van der Waals surface area contributed by atoms with Crippen LogP contribution < -0.4 is 5.32 Å². The number of aliphatic hydroxyl groups is 11. The molecule has 1 amide bonds. The van der Waals surface area contributed by atoms with Crippen molar-refractivity contribution in [3.05, 3.63) is 12.2 Å². The molecule has 0 aromatic carbocycles. The average Bonchev–Trinajstić information content (AvgIpc) is 3.51. The number of rotatable bonds is 49. The fourth-order valence-corrected chi connectivity index (χ4v) is 11.3. The molecule has 0 spiro atoms. The van der Waals surface area contributed by atoms with Crippen LogP contribution in [-0.2, 0) is 33.2 Å². The van der Waals surface area contributed by atoms with Gasteiger partial charge in [0.15, 0.2) is 18.9 Å². The number of amides is 1. The van der Waals surface area contributed by atoms with Gasteiger partial charge in [-0.25, -0.2) is 0 Å². The molecule has 3 aliphatic rings. The van der Waals surface area contributed by atoms with Gasteiger partial charge in [-0.05, 0) is 19.3 Å². The topological polar surface area (TPSA) is 307 Å². The van der Waals surface area contributed by atoms with E-state index >= 15 is 0 Å². The number of hydrogen-bond donors (Lipinski definition) is 12. The summed E-state index contributed by atoms with van der Waals surface area (Å²) in [5.41, 5.74) is 0. The van der Waals surface area contributed by atoms with Crippen LogP contribution >= 0.6 is 0 Å². The molecular weight excluding hydrogens is 1050 g/mol. The number of carbonyl (C=O) groups is 1. The smallest absolute Gasteiger partial charge is 0.220 e. The molecule has 3 heterocycles. The third kappa shape index (κ3) is 29.2. The van der Waals surface area contributed by atoms with E-state index in [1.807, 2.05) is 6.08 Å². The molecule has 0 aromatic heterocycles. The molecule has 3 aliphatic heterocycles. The molecule has 3 rings (SSSR count). The molecule has 3 saturated heterocycles. The Kier molecular flexibility index (Phi) is 41.7. The Morgan fingerprint density at radius 3 is 1.16 bits per heavy atom. The average molecular weight is 1160 g/mol. The van der Waals surface area contributed by atoms with Crippen molar-refractivity contribution in [3.8, 4) is 0 Å². The quantitative estimate of drug-likeness (QED) is 0.0217. The minimum atomic E-state index is -1.97. The summed E-state index contributed by atoms with van der Waals surface area (Å²) < 4.78 is 34.3. The Morgan fingerprint density at radius 2 is 0.765 bits per heavy atom. The number of unbranched alkanes of at least 4 members (excludes halogenated alkanes) is 33. The summed E-state index contributed by atoms with van der Waals surface area (Å²) in [6.45, 7) is 1.73. The van der Waals surface area contributed by atoms with E-state index in [0.717, 1.165) is 44.9 Å². The normalized spacial score (nSPS) is 29.8. The van der Waals surface area contributed by atoms with Crippen molar-refractivity contribution in [1.29, 1.82) is 0 Å². The van der Waals surface area contributed by atoms with Gasteiger partial charge in [0.05, 0.1) is 38.6 Å². The molecule has 19 nitrogen and oxygen atoms in total. The summed E-state index contributed by atoms with van der Waals surface area (Å²) in [4.78, 5) is 13.3. The molecule has 12 N–H and O–H groups in total. The summed E-state index contributed by atoms with van der Waals surface area (Å²) >= 11 is 0. The lowest BCUT2D eigenvalue weighted by Crippen LogP contribution is -2.66. The Balaban J connectivity index is 1.44. The second-order valence-electron chi connectivity index (χ2n) is 23.6. The van der Waals surface area contributed by atoms with E-state index in [2.05, 4.69) is 19.2 Å². The van der Waals surface area contributed by atoms with Gasteiger partial charge in [-0.2, -0.15) is 0 Å². The van der Waals surface area contributed by atoms with Crippen molar-refractivity contribution < 1.29 is 89.4 Å². The molecule has 478 valence electrons. The molecule has 0 radical (unpaired) electrons. The highest BCUT2D eigenvalue weighted by atomic mass is 16.8. The molecule has 0 saturated carbocycles. The third-order valence-electron chi connectivity index (χ3n) is 16.6. The predicted molar refractivity (Wildman–Crippen MR) is 310 cm³/mol. The Hall–Kier alpha value is -1.47. The Morgan fingerprint density at radius 1 is 0.432 bits per heavy atom. The SMILES string of the molecule is CCCCCCCCCCCCCCCCCCCCCCCCC/C=C/C(O)C(COC1OC(CO)C(OC2OC(CO)C(OC3OC(CO)C(O)C(O)C3O)C(O)C2O)C(O)C1O)NC(=O)CCCCCCCCCCCCC.